The van der Waals surface area contributed by atoms with Crippen LogP contribution >= 0.6 is 11.6 Å². The number of rotatable bonds is 16. The molecular formula is C33H41ClN4O4. The molecule has 4 aromatic rings. The van der Waals surface area contributed by atoms with Crippen molar-refractivity contribution in [3.8, 4) is 17.2 Å². The van der Waals surface area contributed by atoms with Gasteiger partial charge in [-0.25, -0.2) is 4.98 Å². The summed E-state index contributed by atoms with van der Waals surface area (Å²) in [6.07, 6.45) is 2.83. The number of nitrogens with one attached hydrogen (secondary N) is 2. The molecule has 224 valence electrons. The number of para-hydroxylation sites is 2. The number of ether oxygens (including phenoxy) is 3. The van der Waals surface area contributed by atoms with E-state index in [2.05, 4.69) is 40.3 Å². The summed E-state index contributed by atoms with van der Waals surface area (Å²) in [5, 5.41) is 6.78. The van der Waals surface area contributed by atoms with E-state index in [-0.39, 0.29) is 11.8 Å². The van der Waals surface area contributed by atoms with Gasteiger partial charge in [0, 0.05) is 13.0 Å². The first-order valence-electron chi connectivity index (χ1n) is 14.4. The first-order valence-corrected chi connectivity index (χ1v) is 14.8. The Labute approximate surface area is 253 Å². The zero-order valence-electron chi connectivity index (χ0n) is 24.9. The average Bonchev–Trinajstić information content (AvgIpc) is 3.35. The molecule has 0 aliphatic heterocycles. The highest BCUT2D eigenvalue weighted by Crippen LogP contribution is 2.38. The van der Waals surface area contributed by atoms with E-state index in [1.165, 1.54) is 0 Å². The van der Waals surface area contributed by atoms with Gasteiger partial charge in [0.1, 0.15) is 11.6 Å². The highest BCUT2D eigenvalue weighted by molar-refractivity contribution is 6.33. The van der Waals surface area contributed by atoms with Gasteiger partial charge in [-0.05, 0) is 80.2 Å². The van der Waals surface area contributed by atoms with Gasteiger partial charge in [0.2, 0.25) is 5.91 Å². The van der Waals surface area contributed by atoms with E-state index < -0.39 is 0 Å². The van der Waals surface area contributed by atoms with E-state index >= 15 is 0 Å². The van der Waals surface area contributed by atoms with Gasteiger partial charge in [0.05, 0.1) is 43.4 Å². The van der Waals surface area contributed by atoms with Gasteiger partial charge in [-0.1, -0.05) is 48.9 Å². The predicted octanol–water partition coefficient (Wildman–Crippen LogP) is 6.02. The molecule has 0 saturated heterocycles. The maximum atomic E-state index is 12.9. The fourth-order valence-electron chi connectivity index (χ4n) is 5.00. The number of methoxy groups -OCH3 is 2. The van der Waals surface area contributed by atoms with E-state index in [9.17, 15) is 4.79 Å². The van der Waals surface area contributed by atoms with Crippen molar-refractivity contribution in [3.63, 3.8) is 0 Å². The van der Waals surface area contributed by atoms with Crippen molar-refractivity contribution in [1.29, 1.82) is 0 Å². The molecule has 0 saturated carbocycles. The van der Waals surface area contributed by atoms with Crippen LogP contribution in [-0.2, 0) is 24.3 Å². The summed E-state index contributed by atoms with van der Waals surface area (Å²) in [6, 6.07) is 20.0. The molecular weight excluding hydrogens is 552 g/mol. The van der Waals surface area contributed by atoms with Gasteiger partial charge in [-0.3, -0.25) is 4.79 Å². The van der Waals surface area contributed by atoms with Crippen LogP contribution in [0.1, 0.15) is 43.1 Å². The number of nitrogens with zero attached hydrogens (tertiary/aromatic N) is 2. The van der Waals surface area contributed by atoms with Crippen molar-refractivity contribution < 1.29 is 19.0 Å². The molecule has 0 radical (unpaired) electrons. The van der Waals surface area contributed by atoms with Crippen molar-refractivity contribution in [3.05, 3.63) is 82.6 Å². The minimum absolute atomic E-state index is 0.00386. The van der Waals surface area contributed by atoms with E-state index in [1.54, 1.807) is 14.2 Å². The van der Waals surface area contributed by atoms with Crippen LogP contribution in [0.3, 0.4) is 0 Å². The fraction of sp³-hybridized carbons (Fsp3) is 0.394. The Bertz CT molecular complexity index is 1470. The third-order valence-electron chi connectivity index (χ3n) is 7.25. The molecule has 0 bridgehead atoms. The summed E-state index contributed by atoms with van der Waals surface area (Å²) >= 11 is 6.56. The normalized spacial score (nSPS) is 11.8. The Morgan fingerprint density at radius 3 is 2.69 bits per heavy atom. The van der Waals surface area contributed by atoms with Crippen molar-refractivity contribution in [2.24, 2.45) is 5.92 Å². The minimum atomic E-state index is -0.00386. The standard InChI is InChI=1S/C33H41ClN4O4/c1-23(19-25-14-15-29(40-3)33(41-4)32(25)34)13-16-31(39)36-21-30-37-27-11-5-6-12-28(27)38(30)22-24-9-7-10-26(20-24)42-18-8-17-35-2/h5-7,9-12,14-15,20,23,35H,8,13,16-19,21-22H2,1-4H3,(H,36,39). The maximum Gasteiger partial charge on any atom is 0.220 e. The van der Waals surface area contributed by atoms with Gasteiger partial charge >= 0.3 is 0 Å². The van der Waals surface area contributed by atoms with Crippen molar-refractivity contribution in [2.75, 3.05) is 34.4 Å². The van der Waals surface area contributed by atoms with E-state index in [4.69, 9.17) is 30.8 Å². The summed E-state index contributed by atoms with van der Waals surface area (Å²) < 4.78 is 18.9. The van der Waals surface area contributed by atoms with Crippen LogP contribution in [0.25, 0.3) is 11.0 Å². The second-order valence-electron chi connectivity index (χ2n) is 10.5. The highest BCUT2D eigenvalue weighted by Gasteiger charge is 2.17. The van der Waals surface area contributed by atoms with Crippen LogP contribution in [0.5, 0.6) is 17.2 Å². The highest BCUT2D eigenvalue weighted by atomic mass is 35.5. The molecule has 0 fully saturated rings. The lowest BCUT2D eigenvalue weighted by Gasteiger charge is -2.16. The van der Waals surface area contributed by atoms with Crippen LogP contribution in [0.4, 0.5) is 0 Å². The number of fused-ring (bicyclic) bond motifs is 1. The monoisotopic (exact) mass is 592 g/mol. The zero-order chi connectivity index (χ0) is 29.9. The Hall–Kier alpha value is -3.75. The van der Waals surface area contributed by atoms with E-state index in [0.717, 1.165) is 59.5 Å². The minimum Gasteiger partial charge on any atom is -0.494 e. The van der Waals surface area contributed by atoms with Gasteiger partial charge < -0.3 is 29.4 Å². The van der Waals surface area contributed by atoms with Crippen LogP contribution in [-0.4, -0.2) is 49.9 Å². The number of benzene rings is 3. The molecule has 1 unspecified atom stereocenters. The topological polar surface area (TPSA) is 86.6 Å². The van der Waals surface area contributed by atoms with Crippen LogP contribution < -0.4 is 24.8 Å². The fourth-order valence-corrected chi connectivity index (χ4v) is 5.31. The summed E-state index contributed by atoms with van der Waals surface area (Å²) in [6.45, 7) is 4.68. The summed E-state index contributed by atoms with van der Waals surface area (Å²) in [5.41, 5.74) is 4.02. The molecule has 42 heavy (non-hydrogen) atoms. The lowest BCUT2D eigenvalue weighted by atomic mass is 9.96. The zero-order valence-corrected chi connectivity index (χ0v) is 25.7. The third kappa shape index (κ3) is 8.17. The van der Waals surface area contributed by atoms with Crippen LogP contribution in [0, 0.1) is 5.92 Å². The number of hydrogen-bond donors (Lipinski definition) is 2. The molecule has 3 aromatic carbocycles. The molecule has 1 atom stereocenters. The van der Waals surface area contributed by atoms with Gasteiger partial charge in [0.15, 0.2) is 11.5 Å². The number of imidazole rings is 1. The molecule has 9 heteroatoms. The molecule has 8 nitrogen and oxygen atoms in total. The van der Waals surface area contributed by atoms with Gasteiger partial charge in [-0.15, -0.1) is 0 Å². The molecule has 1 aromatic heterocycles. The molecule has 0 spiro atoms. The molecule has 2 N–H and O–H groups in total. The smallest absolute Gasteiger partial charge is 0.220 e. The molecule has 4 rings (SSSR count). The van der Waals surface area contributed by atoms with Crippen molar-refractivity contribution in [2.45, 2.75) is 45.7 Å². The number of carbonyl (C=O) groups excluding carboxylic acids is 1. The first-order chi connectivity index (χ1) is 20.4. The number of hydrogen-bond acceptors (Lipinski definition) is 6. The SMILES string of the molecule is CNCCCOc1cccc(Cn2c(CNC(=O)CCC(C)Cc3ccc(OC)c(OC)c3Cl)nc3ccccc32)c1. The van der Waals surface area contributed by atoms with Crippen LogP contribution in [0.15, 0.2) is 60.7 Å². The number of halogens is 1. The summed E-state index contributed by atoms with van der Waals surface area (Å²) in [4.78, 5) is 17.7. The average molecular weight is 593 g/mol. The van der Waals surface area contributed by atoms with Crippen molar-refractivity contribution >= 4 is 28.5 Å². The van der Waals surface area contributed by atoms with E-state index in [0.29, 0.717) is 42.6 Å². The molecule has 1 heterocycles. The van der Waals surface area contributed by atoms with Crippen molar-refractivity contribution in [1.82, 2.24) is 20.2 Å². The third-order valence-corrected chi connectivity index (χ3v) is 7.67. The quantitative estimate of drug-likeness (QED) is 0.155. The van der Waals surface area contributed by atoms with Gasteiger partial charge in [-0.2, -0.15) is 0 Å². The Balaban J connectivity index is 1.36. The lowest BCUT2D eigenvalue weighted by molar-refractivity contribution is -0.121. The first kappa shape index (κ1) is 31.2. The molecule has 1 amide bonds. The van der Waals surface area contributed by atoms with E-state index in [1.807, 2.05) is 49.5 Å². The van der Waals surface area contributed by atoms with Gasteiger partial charge in [0.25, 0.3) is 0 Å². The second-order valence-corrected chi connectivity index (χ2v) is 10.8. The second kappa shape index (κ2) is 15.5. The van der Waals surface area contributed by atoms with Crippen LogP contribution in [0.2, 0.25) is 5.02 Å². The predicted molar refractivity (Wildman–Crippen MR) is 168 cm³/mol. The molecule has 0 aliphatic rings. The Morgan fingerprint density at radius 1 is 1.07 bits per heavy atom. The lowest BCUT2D eigenvalue weighted by Crippen LogP contribution is -2.25. The Kier molecular flexibility index (Phi) is 11.5. The molecule has 0 aliphatic carbocycles. The summed E-state index contributed by atoms with van der Waals surface area (Å²) in [7, 11) is 5.11. The Morgan fingerprint density at radius 2 is 1.90 bits per heavy atom. The number of carbonyl (C=O) groups is 1. The number of amides is 1. The maximum absolute atomic E-state index is 12.9. The largest absolute Gasteiger partial charge is 0.494 e. The summed E-state index contributed by atoms with van der Waals surface area (Å²) in [5.74, 6) is 3.06. The number of aromatic nitrogens is 2.